The lowest BCUT2D eigenvalue weighted by molar-refractivity contribution is -0.120. The molecule has 4 rings (SSSR count). The molecule has 1 atom stereocenters. The van der Waals surface area contributed by atoms with E-state index < -0.39 is 5.82 Å². The molecule has 1 aromatic heterocycles. The number of aromatic nitrogens is 2. The summed E-state index contributed by atoms with van der Waals surface area (Å²) < 4.78 is 27.5. The number of carbonyl (C=O) groups excluding carboxylic acids is 1. The molecule has 2 aromatic carbocycles. The maximum Gasteiger partial charge on any atom is 0.271 e. The molecule has 1 amide bonds. The molecule has 1 N–H and O–H groups in total. The Hall–Kier alpha value is -3.55. The van der Waals surface area contributed by atoms with E-state index in [2.05, 4.69) is 10.4 Å². The van der Waals surface area contributed by atoms with Crippen molar-refractivity contribution < 1.29 is 13.6 Å². The van der Waals surface area contributed by atoms with Gasteiger partial charge < -0.3 is 10.2 Å². The highest BCUT2D eigenvalue weighted by molar-refractivity contribution is 5.93. The normalized spacial score (nSPS) is 16.3. The molecule has 0 unspecified atom stereocenters. The fraction of sp³-hybridized carbons (Fsp3) is 0.227. The molecule has 1 saturated heterocycles. The van der Waals surface area contributed by atoms with Gasteiger partial charge >= 0.3 is 0 Å². The number of benzene rings is 2. The van der Waals surface area contributed by atoms with Crippen molar-refractivity contribution in [3.63, 3.8) is 0 Å². The van der Waals surface area contributed by atoms with Crippen LogP contribution in [0.2, 0.25) is 0 Å². The molecule has 8 heteroatoms. The number of halogens is 2. The molecule has 1 fully saturated rings. The molecule has 154 valence electrons. The van der Waals surface area contributed by atoms with E-state index in [4.69, 9.17) is 0 Å². The second kappa shape index (κ2) is 8.44. The van der Waals surface area contributed by atoms with Crippen molar-refractivity contribution >= 4 is 17.4 Å². The second-order valence-corrected chi connectivity index (χ2v) is 7.20. The lowest BCUT2D eigenvalue weighted by Gasteiger charge is -2.32. The van der Waals surface area contributed by atoms with Gasteiger partial charge in [0.15, 0.2) is 0 Å². The maximum atomic E-state index is 13.2. The number of nitrogens with one attached hydrogen (secondary N) is 1. The number of rotatable bonds is 4. The zero-order chi connectivity index (χ0) is 21.1. The Labute approximate surface area is 171 Å². The van der Waals surface area contributed by atoms with E-state index in [0.29, 0.717) is 30.3 Å². The first kappa shape index (κ1) is 19.8. The van der Waals surface area contributed by atoms with Crippen molar-refractivity contribution in [3.8, 4) is 5.69 Å². The Balaban J connectivity index is 1.51. The molecule has 30 heavy (non-hydrogen) atoms. The lowest BCUT2D eigenvalue weighted by atomic mass is 9.97. The highest BCUT2D eigenvalue weighted by Gasteiger charge is 2.27. The van der Waals surface area contributed by atoms with E-state index in [1.54, 1.807) is 6.07 Å². The van der Waals surface area contributed by atoms with E-state index in [1.165, 1.54) is 59.3 Å². The summed E-state index contributed by atoms with van der Waals surface area (Å²) in [7, 11) is 0. The first-order valence-corrected chi connectivity index (χ1v) is 9.67. The number of piperidine rings is 1. The largest absolute Gasteiger partial charge is 0.354 e. The quantitative estimate of drug-likeness (QED) is 0.716. The van der Waals surface area contributed by atoms with E-state index in [0.717, 1.165) is 12.8 Å². The van der Waals surface area contributed by atoms with Gasteiger partial charge in [0.25, 0.3) is 5.56 Å². The van der Waals surface area contributed by atoms with Gasteiger partial charge in [-0.2, -0.15) is 4.68 Å². The number of carbonyl (C=O) groups is 1. The molecule has 3 aromatic rings. The maximum absolute atomic E-state index is 13.2. The Morgan fingerprint density at radius 2 is 1.63 bits per heavy atom. The van der Waals surface area contributed by atoms with Crippen LogP contribution in [0.1, 0.15) is 12.8 Å². The molecule has 1 aliphatic rings. The second-order valence-electron chi connectivity index (χ2n) is 7.20. The Kier molecular flexibility index (Phi) is 5.56. The summed E-state index contributed by atoms with van der Waals surface area (Å²) in [5, 5.41) is 7.24. The minimum atomic E-state index is -0.394. The molecule has 0 saturated carbocycles. The summed E-state index contributed by atoms with van der Waals surface area (Å²) in [6, 6.07) is 14.2. The first-order valence-electron chi connectivity index (χ1n) is 9.67. The third-order valence-corrected chi connectivity index (χ3v) is 5.09. The van der Waals surface area contributed by atoms with Crippen LogP contribution in [0.3, 0.4) is 0 Å². The standard InChI is InChI=1S/C22H20F2N4O2/c23-16-3-7-18(8-4-16)25-22(30)15-2-1-13-27(14-15)20-11-12-21(29)28(26-20)19-9-5-17(24)6-10-19/h3-12,15H,1-2,13-14H2,(H,25,30)/t15-/m0/s1. The van der Waals surface area contributed by atoms with Crippen LogP contribution in [0, 0.1) is 17.6 Å². The van der Waals surface area contributed by atoms with Crippen LogP contribution >= 0.6 is 0 Å². The van der Waals surface area contributed by atoms with Crippen molar-refractivity contribution in [1.29, 1.82) is 0 Å². The van der Waals surface area contributed by atoms with E-state index in [1.807, 2.05) is 4.90 Å². The van der Waals surface area contributed by atoms with Gasteiger partial charge in [-0.25, -0.2) is 8.78 Å². The van der Waals surface area contributed by atoms with Crippen molar-refractivity contribution in [1.82, 2.24) is 9.78 Å². The van der Waals surface area contributed by atoms with Crippen LogP contribution in [-0.4, -0.2) is 28.8 Å². The van der Waals surface area contributed by atoms with Crippen molar-refractivity contribution in [2.24, 2.45) is 5.92 Å². The van der Waals surface area contributed by atoms with Gasteiger partial charge in [-0.15, -0.1) is 5.10 Å². The van der Waals surface area contributed by atoms with Crippen molar-refractivity contribution in [2.75, 3.05) is 23.3 Å². The minimum Gasteiger partial charge on any atom is -0.354 e. The lowest BCUT2D eigenvalue weighted by Crippen LogP contribution is -2.41. The molecule has 0 radical (unpaired) electrons. The third-order valence-electron chi connectivity index (χ3n) is 5.09. The van der Waals surface area contributed by atoms with Gasteiger partial charge in [0.05, 0.1) is 11.6 Å². The van der Waals surface area contributed by atoms with E-state index >= 15 is 0 Å². The fourth-order valence-electron chi connectivity index (χ4n) is 3.51. The number of hydrogen-bond donors (Lipinski definition) is 1. The summed E-state index contributed by atoms with van der Waals surface area (Å²) in [5.74, 6) is -0.596. The molecular weight excluding hydrogens is 390 g/mol. The summed E-state index contributed by atoms with van der Waals surface area (Å²) in [4.78, 5) is 26.9. The molecule has 0 spiro atoms. The van der Waals surface area contributed by atoms with Gasteiger partial charge in [-0.1, -0.05) is 0 Å². The number of nitrogens with zero attached hydrogens (tertiary/aromatic N) is 3. The molecule has 0 bridgehead atoms. The van der Waals surface area contributed by atoms with Gasteiger partial charge in [-0.05, 0) is 67.4 Å². The van der Waals surface area contributed by atoms with Crippen LogP contribution in [0.15, 0.2) is 65.5 Å². The number of anilines is 2. The topological polar surface area (TPSA) is 67.2 Å². The Morgan fingerprint density at radius 3 is 2.33 bits per heavy atom. The molecule has 0 aliphatic carbocycles. The van der Waals surface area contributed by atoms with Gasteiger partial charge in [0, 0.05) is 24.8 Å². The van der Waals surface area contributed by atoms with Gasteiger partial charge in [-0.3, -0.25) is 9.59 Å². The molecule has 1 aliphatic heterocycles. The number of hydrogen-bond acceptors (Lipinski definition) is 4. The molecule has 2 heterocycles. The summed E-state index contributed by atoms with van der Waals surface area (Å²) in [6.45, 7) is 1.15. The van der Waals surface area contributed by atoms with Gasteiger partial charge in [0.2, 0.25) is 5.91 Å². The first-order chi connectivity index (χ1) is 14.5. The van der Waals surface area contributed by atoms with E-state index in [9.17, 15) is 18.4 Å². The number of amides is 1. The average molecular weight is 410 g/mol. The molecule has 6 nitrogen and oxygen atoms in total. The van der Waals surface area contributed by atoms with E-state index in [-0.39, 0.29) is 23.2 Å². The van der Waals surface area contributed by atoms with Crippen LogP contribution in [-0.2, 0) is 4.79 Å². The van der Waals surface area contributed by atoms with Crippen LogP contribution in [0.4, 0.5) is 20.3 Å². The third kappa shape index (κ3) is 4.37. The van der Waals surface area contributed by atoms with Gasteiger partial charge in [0.1, 0.15) is 17.5 Å². The summed E-state index contributed by atoms with van der Waals surface area (Å²) in [6.07, 6.45) is 1.51. The SMILES string of the molecule is O=C(Nc1ccc(F)cc1)[C@H]1CCCN(c2ccc(=O)n(-c3ccc(F)cc3)n2)C1. The zero-order valence-electron chi connectivity index (χ0n) is 16.1. The zero-order valence-corrected chi connectivity index (χ0v) is 16.1. The summed E-state index contributed by atoms with van der Waals surface area (Å²) in [5.41, 5.74) is 0.681. The highest BCUT2D eigenvalue weighted by atomic mass is 19.1. The monoisotopic (exact) mass is 410 g/mol. The highest BCUT2D eigenvalue weighted by Crippen LogP contribution is 2.23. The van der Waals surface area contributed by atoms with Crippen LogP contribution < -0.4 is 15.8 Å². The van der Waals surface area contributed by atoms with Crippen molar-refractivity contribution in [2.45, 2.75) is 12.8 Å². The fourth-order valence-corrected chi connectivity index (χ4v) is 3.51. The summed E-state index contributed by atoms with van der Waals surface area (Å²) >= 11 is 0. The molecular formula is C22H20F2N4O2. The van der Waals surface area contributed by atoms with Crippen LogP contribution in [0.5, 0.6) is 0 Å². The predicted molar refractivity (Wildman–Crippen MR) is 110 cm³/mol. The Morgan fingerprint density at radius 1 is 0.967 bits per heavy atom. The smallest absolute Gasteiger partial charge is 0.271 e. The van der Waals surface area contributed by atoms with Crippen molar-refractivity contribution in [3.05, 3.63) is 82.7 Å². The Bertz CT molecular complexity index is 1100. The predicted octanol–water partition coefficient (Wildman–Crippen LogP) is 3.37. The van der Waals surface area contributed by atoms with Crippen LogP contribution in [0.25, 0.3) is 5.69 Å². The minimum absolute atomic E-state index is 0.141. The average Bonchev–Trinajstić information content (AvgIpc) is 2.76.